The minimum absolute atomic E-state index is 0.131. The molecule has 1 nitrogen and oxygen atoms in total. The number of aryl methyl sites for hydroxylation is 4. The number of carbonyl (C=O) groups excluding carboxylic acids is 1. The summed E-state index contributed by atoms with van der Waals surface area (Å²) >= 11 is 0. The second kappa shape index (κ2) is 7.06. The first-order valence-electron chi connectivity index (χ1n) is 8.82. The van der Waals surface area contributed by atoms with Crippen molar-refractivity contribution in [3.63, 3.8) is 0 Å². The van der Waals surface area contributed by atoms with E-state index in [-0.39, 0.29) is 5.78 Å². The van der Waals surface area contributed by atoms with E-state index < -0.39 is 0 Å². The van der Waals surface area contributed by atoms with Gasteiger partial charge in [-0.3, -0.25) is 4.79 Å². The zero-order valence-electron chi connectivity index (χ0n) is 15.4. The Morgan fingerprint density at radius 3 is 2.04 bits per heavy atom. The Morgan fingerprint density at radius 2 is 1.44 bits per heavy atom. The summed E-state index contributed by atoms with van der Waals surface area (Å²) in [4.78, 5) is 13.6. The summed E-state index contributed by atoms with van der Waals surface area (Å²) in [5.41, 5.74) is 8.17. The Bertz CT molecular complexity index is 897. The number of hydrogen-bond acceptors (Lipinski definition) is 1. The van der Waals surface area contributed by atoms with E-state index in [0.717, 1.165) is 45.4 Å². The van der Waals surface area contributed by atoms with Crippen molar-refractivity contribution in [3.05, 3.63) is 94.0 Å². The maximum atomic E-state index is 13.6. The molecule has 0 aliphatic rings. The molecule has 3 aromatic carbocycles. The highest BCUT2D eigenvalue weighted by atomic mass is 16.1. The quantitative estimate of drug-likeness (QED) is 0.531. The van der Waals surface area contributed by atoms with Crippen molar-refractivity contribution in [2.75, 3.05) is 0 Å². The Balaban J connectivity index is 2.25. The molecule has 0 fully saturated rings. The van der Waals surface area contributed by atoms with E-state index in [1.54, 1.807) is 0 Å². The molecular formula is C24H24O. The van der Waals surface area contributed by atoms with Gasteiger partial charge in [0.25, 0.3) is 0 Å². The molecule has 0 saturated carbocycles. The van der Waals surface area contributed by atoms with Crippen LogP contribution in [-0.4, -0.2) is 5.78 Å². The van der Waals surface area contributed by atoms with Crippen LogP contribution < -0.4 is 0 Å². The average molecular weight is 328 g/mol. The standard InChI is InChI=1S/C24H24O/c1-5-19-12-9-13-21(20-10-7-6-8-11-20)23(19)24(25)22-17(3)14-16(2)15-18(22)4/h6-15H,5H2,1-4H3. The first-order valence-corrected chi connectivity index (χ1v) is 8.82. The molecule has 25 heavy (non-hydrogen) atoms. The van der Waals surface area contributed by atoms with Crippen molar-refractivity contribution in [3.8, 4) is 11.1 Å². The smallest absolute Gasteiger partial charge is 0.194 e. The highest BCUT2D eigenvalue weighted by Crippen LogP contribution is 2.31. The molecule has 3 aromatic rings. The van der Waals surface area contributed by atoms with E-state index >= 15 is 0 Å². The Labute approximate surface area is 150 Å². The normalized spacial score (nSPS) is 10.7. The van der Waals surface area contributed by atoms with Crippen LogP contribution in [0.2, 0.25) is 0 Å². The van der Waals surface area contributed by atoms with E-state index in [1.807, 2.05) is 38.1 Å². The van der Waals surface area contributed by atoms with Gasteiger partial charge in [-0.25, -0.2) is 0 Å². The molecule has 0 saturated heterocycles. The molecule has 0 bridgehead atoms. The summed E-state index contributed by atoms with van der Waals surface area (Å²) in [7, 11) is 0. The summed E-state index contributed by atoms with van der Waals surface area (Å²) in [5.74, 6) is 0.131. The molecule has 0 N–H and O–H groups in total. The van der Waals surface area contributed by atoms with Crippen molar-refractivity contribution in [2.24, 2.45) is 0 Å². The summed E-state index contributed by atoms with van der Waals surface area (Å²) < 4.78 is 0. The van der Waals surface area contributed by atoms with Gasteiger partial charge < -0.3 is 0 Å². The lowest BCUT2D eigenvalue weighted by Gasteiger charge is -2.16. The van der Waals surface area contributed by atoms with Gasteiger partial charge in [-0.1, -0.05) is 73.2 Å². The van der Waals surface area contributed by atoms with Crippen LogP contribution in [0.1, 0.15) is 45.1 Å². The monoisotopic (exact) mass is 328 g/mol. The Morgan fingerprint density at radius 1 is 0.800 bits per heavy atom. The van der Waals surface area contributed by atoms with Crippen molar-refractivity contribution in [1.82, 2.24) is 0 Å². The molecule has 0 spiro atoms. The van der Waals surface area contributed by atoms with Gasteiger partial charge in [0.05, 0.1) is 0 Å². The van der Waals surface area contributed by atoms with Crippen molar-refractivity contribution in [1.29, 1.82) is 0 Å². The minimum atomic E-state index is 0.131. The van der Waals surface area contributed by atoms with Gasteiger partial charge in [0.2, 0.25) is 0 Å². The first kappa shape index (κ1) is 17.2. The van der Waals surface area contributed by atoms with Crippen LogP contribution >= 0.6 is 0 Å². The van der Waals surface area contributed by atoms with Crippen LogP contribution in [0.5, 0.6) is 0 Å². The van der Waals surface area contributed by atoms with Crippen LogP contribution in [0.15, 0.2) is 60.7 Å². The Kier molecular flexibility index (Phi) is 4.85. The van der Waals surface area contributed by atoms with Crippen molar-refractivity contribution < 1.29 is 4.79 Å². The van der Waals surface area contributed by atoms with Crippen molar-refractivity contribution in [2.45, 2.75) is 34.1 Å². The second-order valence-electron chi connectivity index (χ2n) is 6.66. The van der Waals surface area contributed by atoms with Crippen molar-refractivity contribution >= 4 is 5.78 Å². The number of benzene rings is 3. The third kappa shape index (κ3) is 3.28. The van der Waals surface area contributed by atoms with Crippen LogP contribution in [-0.2, 0) is 6.42 Å². The van der Waals surface area contributed by atoms with E-state index in [0.29, 0.717) is 0 Å². The second-order valence-corrected chi connectivity index (χ2v) is 6.66. The highest BCUT2D eigenvalue weighted by molar-refractivity contribution is 6.15. The zero-order valence-corrected chi connectivity index (χ0v) is 15.4. The molecule has 3 rings (SSSR count). The first-order chi connectivity index (χ1) is 12.0. The molecule has 0 aliphatic carbocycles. The Hall–Kier alpha value is -2.67. The summed E-state index contributed by atoms with van der Waals surface area (Å²) in [5, 5.41) is 0. The van der Waals surface area contributed by atoms with Gasteiger partial charge in [-0.2, -0.15) is 0 Å². The lowest BCUT2D eigenvalue weighted by Crippen LogP contribution is -2.11. The maximum absolute atomic E-state index is 13.6. The molecule has 0 heterocycles. The highest BCUT2D eigenvalue weighted by Gasteiger charge is 2.21. The molecule has 1 heteroatoms. The molecule has 0 radical (unpaired) electrons. The predicted molar refractivity (Wildman–Crippen MR) is 105 cm³/mol. The summed E-state index contributed by atoms with van der Waals surface area (Å²) in [6.07, 6.45) is 0.839. The third-order valence-electron chi connectivity index (χ3n) is 4.75. The number of rotatable bonds is 4. The molecule has 0 atom stereocenters. The number of hydrogen-bond donors (Lipinski definition) is 0. The lowest BCUT2D eigenvalue weighted by molar-refractivity contribution is 0.103. The molecular weight excluding hydrogens is 304 g/mol. The molecule has 126 valence electrons. The third-order valence-corrected chi connectivity index (χ3v) is 4.75. The van der Waals surface area contributed by atoms with E-state index in [4.69, 9.17) is 0 Å². The zero-order chi connectivity index (χ0) is 18.0. The van der Waals surface area contributed by atoms with Crippen LogP contribution in [0, 0.1) is 20.8 Å². The summed E-state index contributed by atoms with van der Waals surface area (Å²) in [6, 6.07) is 20.5. The fourth-order valence-electron chi connectivity index (χ4n) is 3.68. The topological polar surface area (TPSA) is 17.1 Å². The van der Waals surface area contributed by atoms with Gasteiger partial charge in [0.15, 0.2) is 5.78 Å². The van der Waals surface area contributed by atoms with E-state index in [2.05, 4.69) is 50.2 Å². The maximum Gasteiger partial charge on any atom is 0.194 e. The molecule has 0 amide bonds. The lowest BCUT2D eigenvalue weighted by atomic mass is 9.86. The van der Waals surface area contributed by atoms with Gasteiger partial charge in [-0.05, 0) is 55.0 Å². The van der Waals surface area contributed by atoms with Gasteiger partial charge in [-0.15, -0.1) is 0 Å². The van der Waals surface area contributed by atoms with Crippen LogP contribution in [0.4, 0.5) is 0 Å². The molecule has 0 unspecified atom stereocenters. The molecule has 0 aliphatic heterocycles. The van der Waals surface area contributed by atoms with Gasteiger partial charge >= 0.3 is 0 Å². The SMILES string of the molecule is CCc1cccc(-c2ccccc2)c1C(=O)c1c(C)cc(C)cc1C. The average Bonchev–Trinajstić information content (AvgIpc) is 2.60. The predicted octanol–water partition coefficient (Wildman–Crippen LogP) is 6.07. The minimum Gasteiger partial charge on any atom is -0.289 e. The van der Waals surface area contributed by atoms with Gasteiger partial charge in [0.1, 0.15) is 0 Å². The van der Waals surface area contributed by atoms with Gasteiger partial charge in [0, 0.05) is 11.1 Å². The number of ketones is 1. The van der Waals surface area contributed by atoms with Crippen LogP contribution in [0.3, 0.4) is 0 Å². The van der Waals surface area contributed by atoms with E-state index in [1.165, 1.54) is 5.56 Å². The van der Waals surface area contributed by atoms with E-state index in [9.17, 15) is 4.79 Å². The molecule has 0 aromatic heterocycles. The fraction of sp³-hybridized carbons (Fsp3) is 0.208. The van der Waals surface area contributed by atoms with Crippen LogP contribution in [0.25, 0.3) is 11.1 Å². The number of carbonyl (C=O) groups is 1. The summed E-state index contributed by atoms with van der Waals surface area (Å²) in [6.45, 7) is 8.24. The largest absolute Gasteiger partial charge is 0.289 e. The fourth-order valence-corrected chi connectivity index (χ4v) is 3.68.